The van der Waals surface area contributed by atoms with Crippen LogP contribution in [0.2, 0.25) is 0 Å². The largest absolute Gasteiger partial charge is 0.494 e. The first-order valence-electron chi connectivity index (χ1n) is 6.91. The Hall–Kier alpha value is -2.89. The summed E-state index contributed by atoms with van der Waals surface area (Å²) in [4.78, 5) is 23.3. The molecule has 2 rings (SSSR count). The van der Waals surface area contributed by atoms with Crippen molar-refractivity contribution in [1.82, 2.24) is 0 Å². The molecule has 2 aromatic carbocycles. The molecule has 0 atom stereocenters. The molecule has 2 aromatic rings. The third-order valence-electron chi connectivity index (χ3n) is 2.99. The van der Waals surface area contributed by atoms with Crippen LogP contribution in [0.1, 0.15) is 5.56 Å². The summed E-state index contributed by atoms with van der Waals surface area (Å²) in [7, 11) is 1.36. The Balaban J connectivity index is 1.81. The second-order valence-corrected chi connectivity index (χ2v) is 4.72. The van der Waals surface area contributed by atoms with Gasteiger partial charge in [-0.15, -0.1) is 0 Å². The zero-order chi connectivity index (χ0) is 16.7. The third-order valence-corrected chi connectivity index (χ3v) is 2.99. The van der Waals surface area contributed by atoms with Crippen LogP contribution < -0.4 is 10.1 Å². The van der Waals surface area contributed by atoms with Gasteiger partial charge in [-0.1, -0.05) is 24.3 Å². The summed E-state index contributed by atoms with van der Waals surface area (Å²) in [5.74, 6) is -1.51. The molecule has 0 bridgehead atoms. The highest BCUT2D eigenvalue weighted by Crippen LogP contribution is 2.18. The van der Waals surface area contributed by atoms with Crippen LogP contribution in [-0.2, 0) is 20.7 Å². The van der Waals surface area contributed by atoms with Crippen LogP contribution >= 0.6 is 0 Å². The zero-order valence-electron chi connectivity index (χ0n) is 12.5. The minimum absolute atomic E-state index is 0.101. The molecule has 120 valence electrons. The minimum atomic E-state index is -0.613. The molecule has 0 fully saturated rings. The molecule has 0 aliphatic heterocycles. The number of hydrogen-bond donors (Lipinski definition) is 1. The first kappa shape index (κ1) is 16.5. The van der Waals surface area contributed by atoms with Crippen molar-refractivity contribution in [3.8, 4) is 5.75 Å². The molecule has 1 amide bonds. The standard InChI is InChI=1S/C17H16FNO4/c1-22-15-8-7-12(9-14(15)18)10-17(21)23-11-16(20)19-13-5-3-2-4-6-13/h2-9H,10-11H2,1H3,(H,19,20). The van der Waals surface area contributed by atoms with Crippen LogP contribution in [0.4, 0.5) is 10.1 Å². The van der Waals surface area contributed by atoms with E-state index in [4.69, 9.17) is 9.47 Å². The van der Waals surface area contributed by atoms with Crippen molar-refractivity contribution in [2.24, 2.45) is 0 Å². The van der Waals surface area contributed by atoms with E-state index in [1.54, 1.807) is 30.3 Å². The van der Waals surface area contributed by atoms with Crippen molar-refractivity contribution in [1.29, 1.82) is 0 Å². The van der Waals surface area contributed by atoms with Crippen molar-refractivity contribution in [2.75, 3.05) is 19.0 Å². The van der Waals surface area contributed by atoms with Crippen LogP contribution in [0, 0.1) is 5.82 Å². The van der Waals surface area contributed by atoms with E-state index in [2.05, 4.69) is 5.32 Å². The van der Waals surface area contributed by atoms with E-state index in [0.717, 1.165) is 0 Å². The predicted molar refractivity (Wildman–Crippen MR) is 82.7 cm³/mol. The summed E-state index contributed by atoms with van der Waals surface area (Å²) < 4.78 is 23.2. The van der Waals surface area contributed by atoms with Gasteiger partial charge in [0, 0.05) is 5.69 Å². The number of benzene rings is 2. The molecule has 0 aliphatic rings. The lowest BCUT2D eigenvalue weighted by molar-refractivity contribution is -0.146. The van der Waals surface area contributed by atoms with Gasteiger partial charge in [-0.05, 0) is 29.8 Å². The van der Waals surface area contributed by atoms with Gasteiger partial charge >= 0.3 is 5.97 Å². The second-order valence-electron chi connectivity index (χ2n) is 4.72. The van der Waals surface area contributed by atoms with Gasteiger partial charge in [0.2, 0.25) is 0 Å². The highest BCUT2D eigenvalue weighted by molar-refractivity contribution is 5.92. The maximum atomic E-state index is 13.5. The molecule has 0 aromatic heterocycles. The molecule has 6 heteroatoms. The van der Waals surface area contributed by atoms with E-state index in [-0.39, 0.29) is 12.2 Å². The number of para-hydroxylation sites is 1. The summed E-state index contributed by atoms with van der Waals surface area (Å²) in [6, 6.07) is 13.0. The van der Waals surface area contributed by atoms with E-state index in [1.165, 1.54) is 19.2 Å². The van der Waals surface area contributed by atoms with Crippen molar-refractivity contribution >= 4 is 17.6 Å². The number of carbonyl (C=O) groups is 2. The number of hydrogen-bond acceptors (Lipinski definition) is 4. The quantitative estimate of drug-likeness (QED) is 0.832. The molecule has 0 aliphatic carbocycles. The summed E-state index contributed by atoms with van der Waals surface area (Å²) in [6.45, 7) is -0.396. The molecule has 1 N–H and O–H groups in total. The molecule has 5 nitrogen and oxygen atoms in total. The van der Waals surface area contributed by atoms with E-state index >= 15 is 0 Å². The number of ether oxygens (including phenoxy) is 2. The number of esters is 1. The van der Waals surface area contributed by atoms with Gasteiger partial charge in [-0.25, -0.2) is 4.39 Å². The fraction of sp³-hybridized carbons (Fsp3) is 0.176. The topological polar surface area (TPSA) is 64.6 Å². The van der Waals surface area contributed by atoms with Crippen LogP contribution in [0.3, 0.4) is 0 Å². The minimum Gasteiger partial charge on any atom is -0.494 e. The molecule has 0 radical (unpaired) electrons. The first-order chi connectivity index (χ1) is 11.1. The van der Waals surface area contributed by atoms with Crippen LogP contribution in [-0.4, -0.2) is 25.6 Å². The van der Waals surface area contributed by atoms with Gasteiger partial charge in [0.15, 0.2) is 18.2 Å². The van der Waals surface area contributed by atoms with E-state index in [0.29, 0.717) is 11.3 Å². The molecule has 0 spiro atoms. The number of anilines is 1. The van der Waals surface area contributed by atoms with Crippen LogP contribution in [0.25, 0.3) is 0 Å². The number of halogens is 1. The lowest BCUT2D eigenvalue weighted by atomic mass is 10.1. The second kappa shape index (κ2) is 7.93. The Morgan fingerprint density at radius 3 is 2.52 bits per heavy atom. The van der Waals surface area contributed by atoms with E-state index in [1.807, 2.05) is 6.07 Å². The highest BCUT2D eigenvalue weighted by atomic mass is 19.1. The number of carbonyl (C=O) groups excluding carboxylic acids is 2. The smallest absolute Gasteiger partial charge is 0.310 e. The average Bonchev–Trinajstić information content (AvgIpc) is 2.54. The first-order valence-corrected chi connectivity index (χ1v) is 6.91. The monoisotopic (exact) mass is 317 g/mol. The van der Waals surface area contributed by atoms with E-state index in [9.17, 15) is 14.0 Å². The summed E-state index contributed by atoms with van der Waals surface area (Å²) in [5.41, 5.74) is 1.06. The van der Waals surface area contributed by atoms with Gasteiger partial charge in [0.1, 0.15) is 0 Å². The molecule has 0 saturated heterocycles. The van der Waals surface area contributed by atoms with E-state index < -0.39 is 24.3 Å². The summed E-state index contributed by atoms with van der Waals surface area (Å²) in [5, 5.41) is 2.59. The Kier molecular flexibility index (Phi) is 5.68. The van der Waals surface area contributed by atoms with Crippen molar-refractivity contribution in [3.05, 3.63) is 59.9 Å². The van der Waals surface area contributed by atoms with Crippen molar-refractivity contribution < 1.29 is 23.5 Å². The highest BCUT2D eigenvalue weighted by Gasteiger charge is 2.11. The molecule has 0 unspecified atom stereocenters. The Morgan fingerprint density at radius 2 is 1.87 bits per heavy atom. The Labute approximate surface area is 133 Å². The normalized spacial score (nSPS) is 10.0. The number of nitrogens with one attached hydrogen (secondary N) is 1. The molecular weight excluding hydrogens is 301 g/mol. The van der Waals surface area contributed by atoms with Gasteiger partial charge in [0.25, 0.3) is 5.91 Å². The van der Waals surface area contributed by atoms with Crippen molar-refractivity contribution in [3.63, 3.8) is 0 Å². The van der Waals surface area contributed by atoms with Crippen molar-refractivity contribution in [2.45, 2.75) is 6.42 Å². The molecule has 0 heterocycles. The van der Waals surface area contributed by atoms with Crippen LogP contribution in [0.5, 0.6) is 5.75 Å². The molecule has 0 saturated carbocycles. The predicted octanol–water partition coefficient (Wildman–Crippen LogP) is 2.56. The van der Waals surface area contributed by atoms with Gasteiger partial charge < -0.3 is 14.8 Å². The van der Waals surface area contributed by atoms with Gasteiger partial charge in [-0.3, -0.25) is 9.59 Å². The number of rotatable bonds is 6. The average molecular weight is 317 g/mol. The summed E-state index contributed by atoms with van der Waals surface area (Å²) in [6.07, 6.45) is -0.125. The number of amides is 1. The van der Waals surface area contributed by atoms with Gasteiger partial charge in [-0.2, -0.15) is 0 Å². The molecular formula is C17H16FNO4. The SMILES string of the molecule is COc1ccc(CC(=O)OCC(=O)Nc2ccccc2)cc1F. The number of methoxy groups -OCH3 is 1. The van der Waals surface area contributed by atoms with Crippen LogP contribution in [0.15, 0.2) is 48.5 Å². The lowest BCUT2D eigenvalue weighted by Gasteiger charge is -2.07. The Morgan fingerprint density at radius 1 is 1.13 bits per heavy atom. The fourth-order valence-corrected chi connectivity index (χ4v) is 1.90. The maximum Gasteiger partial charge on any atom is 0.310 e. The summed E-state index contributed by atoms with van der Waals surface area (Å²) >= 11 is 0. The van der Waals surface area contributed by atoms with Gasteiger partial charge in [0.05, 0.1) is 13.5 Å². The fourth-order valence-electron chi connectivity index (χ4n) is 1.90. The maximum absolute atomic E-state index is 13.5. The molecule has 23 heavy (non-hydrogen) atoms. The third kappa shape index (κ3) is 5.10. The zero-order valence-corrected chi connectivity index (χ0v) is 12.5. The Bertz CT molecular complexity index is 688. The lowest BCUT2D eigenvalue weighted by Crippen LogP contribution is -2.21.